The van der Waals surface area contributed by atoms with Crippen molar-refractivity contribution >= 4 is 5.78 Å². The summed E-state index contributed by atoms with van der Waals surface area (Å²) in [6, 6.07) is 4.50. The minimum atomic E-state index is -0.459. The van der Waals surface area contributed by atoms with Gasteiger partial charge in [0.05, 0.1) is 19.3 Å². The number of benzene rings is 1. The summed E-state index contributed by atoms with van der Waals surface area (Å²) in [4.78, 5) is 11.9. The van der Waals surface area contributed by atoms with Crippen LogP contribution in [-0.4, -0.2) is 29.7 Å². The predicted molar refractivity (Wildman–Crippen MR) is 59.9 cm³/mol. The van der Waals surface area contributed by atoms with Crippen molar-refractivity contribution in [3.8, 4) is 11.5 Å². The number of aliphatic hydroxyl groups is 1. The summed E-state index contributed by atoms with van der Waals surface area (Å²) in [5, 5.41) is 18.7. The highest BCUT2D eigenvalue weighted by Crippen LogP contribution is 2.26. The van der Waals surface area contributed by atoms with Crippen LogP contribution in [0.15, 0.2) is 18.2 Å². The molecule has 1 rings (SSSR count). The number of methoxy groups -OCH3 is 1. The molecular formula is C12H16O4. The Morgan fingerprint density at radius 3 is 2.62 bits per heavy atom. The number of carbonyl (C=O) groups is 1. The zero-order valence-electron chi connectivity index (χ0n) is 9.43. The van der Waals surface area contributed by atoms with Crippen molar-refractivity contribution in [2.24, 2.45) is 5.92 Å². The third kappa shape index (κ3) is 2.52. The Bertz CT molecular complexity index is 369. The highest BCUT2D eigenvalue weighted by molar-refractivity contribution is 6.00. The number of Topliss-reactive ketones (excluding diaryl/α,β-unsaturated/α-hetero) is 1. The Hall–Kier alpha value is -1.55. The first-order valence-electron chi connectivity index (χ1n) is 5.16. The predicted octanol–water partition coefficient (Wildman–Crippen LogP) is 1.60. The van der Waals surface area contributed by atoms with Gasteiger partial charge in [-0.15, -0.1) is 0 Å². The van der Waals surface area contributed by atoms with E-state index in [-0.39, 0.29) is 23.7 Å². The van der Waals surface area contributed by atoms with E-state index >= 15 is 0 Å². The molecule has 0 saturated carbocycles. The monoisotopic (exact) mass is 224 g/mol. The first-order chi connectivity index (χ1) is 7.63. The summed E-state index contributed by atoms with van der Waals surface area (Å²) in [6.07, 6.45) is 0.542. The standard InChI is InChI=1S/C12H16O4/c1-3-8(7-13)12(15)10-5-4-9(16-2)6-11(10)14/h4-6,8,13-14H,3,7H2,1-2H3/t8-/m1/s1. The van der Waals surface area contributed by atoms with Crippen LogP contribution < -0.4 is 4.74 Å². The number of hydrogen-bond acceptors (Lipinski definition) is 4. The summed E-state index contributed by atoms with van der Waals surface area (Å²) in [6.45, 7) is 1.61. The molecule has 0 fully saturated rings. The fourth-order valence-corrected chi connectivity index (χ4v) is 1.46. The first-order valence-corrected chi connectivity index (χ1v) is 5.16. The molecule has 0 radical (unpaired) electrons. The normalized spacial score (nSPS) is 12.2. The van der Waals surface area contributed by atoms with Gasteiger partial charge in [0, 0.05) is 12.0 Å². The number of rotatable bonds is 5. The Labute approximate surface area is 94.5 Å². The lowest BCUT2D eigenvalue weighted by Gasteiger charge is -2.12. The van der Waals surface area contributed by atoms with E-state index in [4.69, 9.17) is 9.84 Å². The average molecular weight is 224 g/mol. The number of phenolic OH excluding ortho intramolecular Hbond substituents is 1. The van der Waals surface area contributed by atoms with Gasteiger partial charge in [0.25, 0.3) is 0 Å². The molecule has 0 spiro atoms. The second-order valence-electron chi connectivity index (χ2n) is 3.54. The molecule has 0 aliphatic rings. The SMILES string of the molecule is CC[C@H](CO)C(=O)c1ccc(OC)cc1O. The number of carbonyl (C=O) groups excluding carboxylic acids is 1. The highest BCUT2D eigenvalue weighted by atomic mass is 16.5. The number of phenols is 1. The minimum Gasteiger partial charge on any atom is -0.507 e. The summed E-state index contributed by atoms with van der Waals surface area (Å²) < 4.78 is 4.92. The molecule has 0 aliphatic carbocycles. The first kappa shape index (κ1) is 12.5. The Kier molecular flexibility index (Phi) is 4.31. The van der Waals surface area contributed by atoms with Gasteiger partial charge in [-0.2, -0.15) is 0 Å². The number of hydrogen-bond donors (Lipinski definition) is 2. The van der Waals surface area contributed by atoms with Gasteiger partial charge in [-0.3, -0.25) is 4.79 Å². The van der Waals surface area contributed by atoms with Gasteiger partial charge < -0.3 is 14.9 Å². The van der Waals surface area contributed by atoms with Crippen LogP contribution in [0.1, 0.15) is 23.7 Å². The molecule has 0 saturated heterocycles. The van der Waals surface area contributed by atoms with E-state index in [9.17, 15) is 9.90 Å². The van der Waals surface area contributed by atoms with Crippen LogP contribution in [0.4, 0.5) is 0 Å². The molecule has 0 amide bonds. The quantitative estimate of drug-likeness (QED) is 0.745. The second-order valence-corrected chi connectivity index (χ2v) is 3.54. The van der Waals surface area contributed by atoms with E-state index in [1.54, 1.807) is 6.07 Å². The van der Waals surface area contributed by atoms with Crippen molar-refractivity contribution in [1.29, 1.82) is 0 Å². The Morgan fingerprint density at radius 1 is 1.50 bits per heavy atom. The van der Waals surface area contributed by atoms with Crippen LogP contribution in [0.2, 0.25) is 0 Å². The van der Waals surface area contributed by atoms with Gasteiger partial charge in [0.2, 0.25) is 0 Å². The zero-order valence-corrected chi connectivity index (χ0v) is 9.43. The second kappa shape index (κ2) is 5.51. The third-order valence-electron chi connectivity index (χ3n) is 2.55. The van der Waals surface area contributed by atoms with Gasteiger partial charge >= 0.3 is 0 Å². The van der Waals surface area contributed by atoms with Gasteiger partial charge in [0.15, 0.2) is 5.78 Å². The van der Waals surface area contributed by atoms with Gasteiger partial charge in [0.1, 0.15) is 11.5 Å². The molecule has 88 valence electrons. The van der Waals surface area contributed by atoms with Crippen molar-refractivity contribution in [3.63, 3.8) is 0 Å². The van der Waals surface area contributed by atoms with Crippen molar-refractivity contribution in [3.05, 3.63) is 23.8 Å². The third-order valence-corrected chi connectivity index (χ3v) is 2.55. The molecule has 0 unspecified atom stereocenters. The van der Waals surface area contributed by atoms with Gasteiger partial charge in [-0.05, 0) is 18.6 Å². The summed E-state index contributed by atoms with van der Waals surface area (Å²) in [5.74, 6) is -0.327. The smallest absolute Gasteiger partial charge is 0.171 e. The molecule has 1 aromatic carbocycles. The van der Waals surface area contributed by atoms with Crippen molar-refractivity contribution in [2.45, 2.75) is 13.3 Å². The van der Waals surface area contributed by atoms with Crippen LogP contribution >= 0.6 is 0 Å². The van der Waals surface area contributed by atoms with E-state index in [2.05, 4.69) is 0 Å². The lowest BCUT2D eigenvalue weighted by Crippen LogP contribution is -2.17. The topological polar surface area (TPSA) is 66.8 Å². The van der Waals surface area contributed by atoms with E-state index in [1.807, 2.05) is 6.92 Å². The zero-order chi connectivity index (χ0) is 12.1. The number of aromatic hydroxyl groups is 1. The van der Waals surface area contributed by atoms with Crippen LogP contribution in [0, 0.1) is 5.92 Å². The van der Waals surface area contributed by atoms with Crippen molar-refractivity contribution in [1.82, 2.24) is 0 Å². The van der Waals surface area contributed by atoms with Crippen molar-refractivity contribution < 1.29 is 19.7 Å². The molecule has 2 N–H and O–H groups in total. The van der Waals surface area contributed by atoms with Gasteiger partial charge in [-0.25, -0.2) is 0 Å². The van der Waals surface area contributed by atoms with Crippen LogP contribution in [-0.2, 0) is 0 Å². The molecule has 0 heterocycles. The maximum absolute atomic E-state index is 11.9. The molecule has 16 heavy (non-hydrogen) atoms. The average Bonchev–Trinajstić information content (AvgIpc) is 2.30. The highest BCUT2D eigenvalue weighted by Gasteiger charge is 2.20. The lowest BCUT2D eigenvalue weighted by atomic mass is 9.95. The number of ketones is 1. The van der Waals surface area contributed by atoms with Crippen LogP contribution in [0.3, 0.4) is 0 Å². The molecule has 0 bridgehead atoms. The van der Waals surface area contributed by atoms with Gasteiger partial charge in [-0.1, -0.05) is 6.92 Å². The van der Waals surface area contributed by atoms with E-state index in [0.717, 1.165) is 0 Å². The van der Waals surface area contributed by atoms with Crippen molar-refractivity contribution in [2.75, 3.05) is 13.7 Å². The molecule has 0 aliphatic heterocycles. The fourth-order valence-electron chi connectivity index (χ4n) is 1.46. The summed E-state index contributed by atoms with van der Waals surface area (Å²) >= 11 is 0. The van der Waals surface area contributed by atoms with E-state index in [1.165, 1.54) is 19.2 Å². The van der Waals surface area contributed by atoms with E-state index in [0.29, 0.717) is 12.2 Å². The molecule has 4 heteroatoms. The molecule has 1 aromatic rings. The van der Waals surface area contributed by atoms with Crippen LogP contribution in [0.25, 0.3) is 0 Å². The van der Waals surface area contributed by atoms with Crippen LogP contribution in [0.5, 0.6) is 11.5 Å². The maximum Gasteiger partial charge on any atom is 0.171 e. The fraction of sp³-hybridized carbons (Fsp3) is 0.417. The molecule has 4 nitrogen and oxygen atoms in total. The number of ether oxygens (including phenoxy) is 1. The molecule has 1 atom stereocenters. The minimum absolute atomic E-state index is 0.115. The Morgan fingerprint density at radius 2 is 2.19 bits per heavy atom. The molecular weight excluding hydrogens is 208 g/mol. The summed E-state index contributed by atoms with van der Waals surface area (Å²) in [5.41, 5.74) is 0.224. The lowest BCUT2D eigenvalue weighted by molar-refractivity contribution is 0.0853. The Balaban J connectivity index is 3.00. The van der Waals surface area contributed by atoms with E-state index < -0.39 is 5.92 Å². The maximum atomic E-state index is 11.9. The summed E-state index contributed by atoms with van der Waals surface area (Å²) in [7, 11) is 1.48. The molecule has 0 aromatic heterocycles. The number of aliphatic hydroxyl groups excluding tert-OH is 1. The largest absolute Gasteiger partial charge is 0.507 e.